The van der Waals surface area contributed by atoms with Crippen LogP contribution in [0.4, 0.5) is 0 Å². The molecule has 0 radical (unpaired) electrons. The van der Waals surface area contributed by atoms with Crippen molar-refractivity contribution in [2.75, 3.05) is 0 Å². The number of nitrogens with zero attached hydrogens (tertiary/aromatic N) is 2. The third-order valence-corrected chi connectivity index (χ3v) is 5.07. The van der Waals surface area contributed by atoms with Crippen LogP contribution in [0.3, 0.4) is 0 Å². The molecule has 110 valence electrons. The molecule has 2 fully saturated rings. The molecule has 3 atom stereocenters. The molecule has 2 aliphatic rings. The van der Waals surface area contributed by atoms with Crippen molar-refractivity contribution < 1.29 is 4.74 Å². The molecular weight excluding hydrogens is 282 g/mol. The van der Waals surface area contributed by atoms with Gasteiger partial charge in [0.2, 0.25) is 0 Å². The monoisotopic (exact) mass is 301 g/mol. The Morgan fingerprint density at radius 3 is 2.67 bits per heavy atom. The summed E-state index contributed by atoms with van der Waals surface area (Å²) in [5.41, 5.74) is 3.60. The molecule has 1 aromatic heterocycles. The van der Waals surface area contributed by atoms with Crippen LogP contribution in [0.2, 0.25) is 0 Å². The minimum atomic E-state index is 0.309. The average molecular weight is 301 g/mol. The first kappa shape index (κ1) is 13.2. The molecule has 0 unspecified atom stereocenters. The van der Waals surface area contributed by atoms with E-state index in [9.17, 15) is 0 Å². The molecule has 2 aromatic rings. The van der Waals surface area contributed by atoms with Gasteiger partial charge in [0, 0.05) is 5.92 Å². The fourth-order valence-electron chi connectivity index (χ4n) is 3.84. The van der Waals surface area contributed by atoms with Gasteiger partial charge in [-0.25, -0.2) is 0 Å². The second kappa shape index (κ2) is 4.78. The number of aromatic nitrogens is 3. The van der Waals surface area contributed by atoms with Crippen molar-refractivity contribution in [3.05, 3.63) is 39.9 Å². The molecule has 1 aromatic carbocycles. The maximum absolute atomic E-state index is 6.00. The Morgan fingerprint density at radius 2 is 2.05 bits per heavy atom. The number of hydrogen-bond acceptors (Lipinski definition) is 3. The van der Waals surface area contributed by atoms with E-state index in [0.29, 0.717) is 22.9 Å². The van der Waals surface area contributed by atoms with Gasteiger partial charge < -0.3 is 4.74 Å². The summed E-state index contributed by atoms with van der Waals surface area (Å²) < 4.78 is 8.79. The zero-order chi connectivity index (χ0) is 14.6. The van der Waals surface area contributed by atoms with Crippen LogP contribution in [-0.2, 0) is 4.74 Å². The summed E-state index contributed by atoms with van der Waals surface area (Å²) in [4.78, 5) is 0. The van der Waals surface area contributed by atoms with Gasteiger partial charge in [-0.15, -0.1) is 0 Å². The Bertz CT molecular complexity index is 728. The third kappa shape index (κ3) is 1.99. The van der Waals surface area contributed by atoms with Crippen LogP contribution in [0, 0.1) is 18.6 Å². The maximum atomic E-state index is 6.00. The van der Waals surface area contributed by atoms with E-state index in [4.69, 9.17) is 17.0 Å². The van der Waals surface area contributed by atoms with Crippen molar-refractivity contribution in [2.45, 2.75) is 51.2 Å². The maximum Gasteiger partial charge on any atom is 0.199 e. The largest absolute Gasteiger partial charge is 0.374 e. The molecule has 4 rings (SSSR count). The third-order valence-electron chi connectivity index (χ3n) is 4.80. The number of fused-ring (bicyclic) bond motifs is 2. The van der Waals surface area contributed by atoms with Crippen LogP contribution in [-0.4, -0.2) is 27.0 Å². The van der Waals surface area contributed by atoms with E-state index in [-0.39, 0.29) is 0 Å². The van der Waals surface area contributed by atoms with E-state index in [1.807, 2.05) is 0 Å². The average Bonchev–Trinajstić information content (AvgIpc) is 3.15. The predicted molar refractivity (Wildman–Crippen MR) is 83.5 cm³/mol. The second-order valence-corrected chi connectivity index (χ2v) is 6.57. The van der Waals surface area contributed by atoms with Gasteiger partial charge in [-0.05, 0) is 56.5 Å². The summed E-state index contributed by atoms with van der Waals surface area (Å²) in [7, 11) is 0. The Labute approximate surface area is 129 Å². The molecule has 0 saturated carbocycles. The van der Waals surface area contributed by atoms with Gasteiger partial charge in [0.1, 0.15) is 5.82 Å². The Hall–Kier alpha value is -1.46. The molecule has 2 bridgehead atoms. The fourth-order valence-corrected chi connectivity index (χ4v) is 4.07. The van der Waals surface area contributed by atoms with Crippen LogP contribution >= 0.6 is 12.2 Å². The molecule has 0 aliphatic carbocycles. The SMILES string of the molecule is Cc1cccc(C)c1-n1c([C@@H]2C[C@H]3CC[C@H]2O3)n[nH]c1=S. The Kier molecular flexibility index (Phi) is 3.01. The van der Waals surface area contributed by atoms with Crippen molar-refractivity contribution >= 4 is 12.2 Å². The summed E-state index contributed by atoms with van der Waals surface area (Å²) in [6.45, 7) is 4.25. The van der Waals surface area contributed by atoms with Gasteiger partial charge in [-0.2, -0.15) is 5.10 Å². The Morgan fingerprint density at radius 1 is 1.29 bits per heavy atom. The van der Waals surface area contributed by atoms with E-state index >= 15 is 0 Å². The van der Waals surface area contributed by atoms with Gasteiger partial charge in [-0.3, -0.25) is 9.67 Å². The lowest BCUT2D eigenvalue weighted by molar-refractivity contribution is 0.0997. The molecule has 4 nitrogen and oxygen atoms in total. The van der Waals surface area contributed by atoms with Gasteiger partial charge in [-0.1, -0.05) is 18.2 Å². The van der Waals surface area contributed by atoms with Crippen LogP contribution in [0.25, 0.3) is 5.69 Å². The van der Waals surface area contributed by atoms with Crippen LogP contribution in [0.15, 0.2) is 18.2 Å². The van der Waals surface area contributed by atoms with Gasteiger partial charge in [0.05, 0.1) is 17.9 Å². The number of ether oxygens (including phenoxy) is 1. The van der Waals surface area contributed by atoms with Crippen molar-refractivity contribution in [3.8, 4) is 5.69 Å². The highest BCUT2D eigenvalue weighted by molar-refractivity contribution is 7.71. The minimum Gasteiger partial charge on any atom is -0.374 e. The molecule has 3 heterocycles. The van der Waals surface area contributed by atoms with E-state index < -0.39 is 0 Å². The van der Waals surface area contributed by atoms with E-state index in [2.05, 4.69) is 46.8 Å². The highest BCUT2D eigenvalue weighted by Gasteiger charge is 2.43. The summed E-state index contributed by atoms with van der Waals surface area (Å²) in [6.07, 6.45) is 4.12. The highest BCUT2D eigenvalue weighted by atomic mass is 32.1. The smallest absolute Gasteiger partial charge is 0.199 e. The Balaban J connectivity index is 1.87. The molecule has 0 spiro atoms. The van der Waals surface area contributed by atoms with Crippen molar-refractivity contribution in [1.29, 1.82) is 0 Å². The first-order chi connectivity index (χ1) is 10.1. The first-order valence-electron chi connectivity index (χ1n) is 7.54. The standard InChI is InChI=1S/C16H19N3OS/c1-9-4-3-5-10(2)14(9)19-15(17-18-16(19)21)12-8-11-6-7-13(12)20-11/h3-5,11-13H,6-8H2,1-2H3,(H,18,21)/t11-,12-,13-/m1/s1. The molecular formula is C16H19N3OS. The van der Waals surface area contributed by atoms with E-state index in [1.165, 1.54) is 17.5 Å². The highest BCUT2D eigenvalue weighted by Crippen LogP contribution is 2.44. The van der Waals surface area contributed by atoms with Gasteiger partial charge in [0.15, 0.2) is 4.77 Å². The number of aromatic amines is 1. The number of hydrogen-bond donors (Lipinski definition) is 1. The summed E-state index contributed by atoms with van der Waals surface area (Å²) in [5.74, 6) is 1.39. The minimum absolute atomic E-state index is 0.309. The number of para-hydroxylation sites is 1. The normalized spacial score (nSPS) is 27.4. The molecule has 2 aliphatic heterocycles. The van der Waals surface area contributed by atoms with Crippen molar-refractivity contribution in [3.63, 3.8) is 0 Å². The zero-order valence-electron chi connectivity index (χ0n) is 12.3. The number of nitrogens with one attached hydrogen (secondary N) is 1. The number of rotatable bonds is 2. The van der Waals surface area contributed by atoms with Crippen LogP contribution in [0.5, 0.6) is 0 Å². The lowest BCUT2D eigenvalue weighted by Crippen LogP contribution is -2.19. The summed E-state index contributed by atoms with van der Waals surface area (Å²) >= 11 is 5.50. The molecule has 21 heavy (non-hydrogen) atoms. The molecule has 0 amide bonds. The molecule has 5 heteroatoms. The van der Waals surface area contributed by atoms with Crippen molar-refractivity contribution in [2.24, 2.45) is 0 Å². The van der Waals surface area contributed by atoms with Crippen LogP contribution < -0.4 is 0 Å². The molecule has 1 N–H and O–H groups in total. The number of H-pyrrole nitrogens is 1. The molecule has 2 saturated heterocycles. The summed E-state index contributed by atoms with van der Waals surface area (Å²) in [5, 5.41) is 7.53. The summed E-state index contributed by atoms with van der Waals surface area (Å²) in [6, 6.07) is 6.33. The van der Waals surface area contributed by atoms with Gasteiger partial charge in [0.25, 0.3) is 0 Å². The lowest BCUT2D eigenvalue weighted by Gasteiger charge is -2.20. The number of aryl methyl sites for hydroxylation is 2. The van der Waals surface area contributed by atoms with Crippen LogP contribution in [0.1, 0.15) is 42.1 Å². The predicted octanol–water partition coefficient (Wildman–Crippen LogP) is 3.58. The zero-order valence-corrected chi connectivity index (χ0v) is 13.1. The van der Waals surface area contributed by atoms with E-state index in [0.717, 1.165) is 24.4 Å². The van der Waals surface area contributed by atoms with Gasteiger partial charge >= 0.3 is 0 Å². The fraction of sp³-hybridized carbons (Fsp3) is 0.500. The second-order valence-electron chi connectivity index (χ2n) is 6.18. The number of benzene rings is 1. The van der Waals surface area contributed by atoms with E-state index in [1.54, 1.807) is 0 Å². The first-order valence-corrected chi connectivity index (χ1v) is 7.95. The lowest BCUT2D eigenvalue weighted by atomic mass is 9.88. The van der Waals surface area contributed by atoms with Crippen molar-refractivity contribution in [1.82, 2.24) is 14.8 Å². The topological polar surface area (TPSA) is 42.8 Å². The quantitative estimate of drug-likeness (QED) is 0.862.